The van der Waals surface area contributed by atoms with Crippen LogP contribution in [-0.2, 0) is 51.2 Å². The Labute approximate surface area is 59.5 Å². The molecule has 0 bridgehead atoms. The van der Waals surface area contributed by atoms with Gasteiger partial charge in [0.15, 0.2) is 0 Å². The predicted octanol–water partition coefficient (Wildman–Crippen LogP) is -1.19. The molecule has 0 aromatic heterocycles. The van der Waals surface area contributed by atoms with Gasteiger partial charge in [-0.2, -0.15) is 0 Å². The van der Waals surface area contributed by atoms with E-state index in [4.69, 9.17) is 0 Å². The van der Waals surface area contributed by atoms with Crippen molar-refractivity contribution >= 4 is 8.41 Å². The van der Waals surface area contributed by atoms with E-state index in [1.807, 2.05) is 0 Å². The molecule has 0 nitrogen and oxygen atoms in total. The van der Waals surface area contributed by atoms with E-state index in [2.05, 4.69) is 0 Å². The van der Waals surface area contributed by atoms with E-state index in [-0.39, 0.29) is 59.6 Å². The summed E-state index contributed by atoms with van der Waals surface area (Å²) in [6.45, 7) is 0. The second-order valence-corrected chi connectivity index (χ2v) is 0. The maximum atomic E-state index is 0. The van der Waals surface area contributed by atoms with Crippen molar-refractivity contribution in [3.63, 3.8) is 0 Å². The second kappa shape index (κ2) is 23.0. The van der Waals surface area contributed by atoms with Crippen LogP contribution in [-0.4, -0.2) is 8.41 Å². The molecule has 0 atom stereocenters. The minimum atomic E-state index is 0. The van der Waals surface area contributed by atoms with E-state index in [9.17, 15) is 0 Å². The van der Waals surface area contributed by atoms with Crippen LogP contribution in [0.4, 0.5) is 0 Å². The molecule has 0 saturated heterocycles. The van der Waals surface area contributed by atoms with Crippen molar-refractivity contribution in [3.05, 3.63) is 0 Å². The Kier molecular flexibility index (Phi) is 263. The third-order valence-electron chi connectivity index (χ3n) is 0. The summed E-state index contributed by atoms with van der Waals surface area (Å²) in [5.41, 5.74) is 0. The molecule has 0 spiro atoms. The molecule has 0 aromatic rings. The average Bonchev–Trinajstić information content (AvgIpc) is 0. The van der Waals surface area contributed by atoms with E-state index in [1.165, 1.54) is 0 Å². The molecule has 0 N–H and O–H groups in total. The van der Waals surface area contributed by atoms with Crippen LogP contribution in [0.15, 0.2) is 0 Å². The van der Waals surface area contributed by atoms with Crippen LogP contribution < -0.4 is 0 Å². The standard InChI is InChI=1S/BH3.Co.Cr.Fe/h1H3;;;. The number of rotatable bonds is 0. The van der Waals surface area contributed by atoms with Crippen LogP contribution in [0.2, 0.25) is 0 Å². The van der Waals surface area contributed by atoms with Gasteiger partial charge in [-0.3, -0.25) is 0 Å². The van der Waals surface area contributed by atoms with Crippen molar-refractivity contribution in [2.75, 3.05) is 0 Å². The van der Waals surface area contributed by atoms with E-state index in [0.29, 0.717) is 0 Å². The maximum Gasteiger partial charge on any atom is 0.0814 e. The van der Waals surface area contributed by atoms with Crippen LogP contribution in [0, 0.1) is 0 Å². The fourth-order valence-electron chi connectivity index (χ4n) is 0. The summed E-state index contributed by atoms with van der Waals surface area (Å²) in [7, 11) is 0. The topological polar surface area (TPSA) is 0 Å². The minimum Gasteiger partial charge on any atom is 0 e. The molecule has 0 aromatic carbocycles. The fourth-order valence-corrected chi connectivity index (χ4v) is 0. The third-order valence-corrected chi connectivity index (χ3v) is 0. The summed E-state index contributed by atoms with van der Waals surface area (Å²) in [5, 5.41) is 0. The molecular weight excluding hydrogens is 178 g/mol. The van der Waals surface area contributed by atoms with E-state index in [0.717, 1.165) is 0 Å². The van der Waals surface area contributed by atoms with Gasteiger partial charge in [-0.25, -0.2) is 0 Å². The molecule has 0 rings (SSSR count). The van der Waals surface area contributed by atoms with Gasteiger partial charge < -0.3 is 0 Å². The molecule has 0 unspecified atom stereocenters. The Morgan fingerprint density at radius 1 is 1.00 bits per heavy atom. The molecule has 4 heavy (non-hydrogen) atoms. The van der Waals surface area contributed by atoms with Gasteiger partial charge in [0.05, 0.1) is 8.41 Å². The van der Waals surface area contributed by atoms with Crippen LogP contribution in [0.5, 0.6) is 0 Å². The SMILES string of the molecule is B.[Co].[Cr].[Fe]. The smallest absolute Gasteiger partial charge is 0 e. The average molecular weight is 181 g/mol. The predicted molar refractivity (Wildman–Crippen MR) is 9.94 cm³/mol. The monoisotopic (exact) mass is 181 g/mol. The molecule has 1 radical (unpaired) electrons. The first-order valence-electron chi connectivity index (χ1n) is 0. The van der Waals surface area contributed by atoms with Crippen LogP contribution in [0.3, 0.4) is 0 Å². The van der Waals surface area contributed by atoms with Crippen molar-refractivity contribution in [3.8, 4) is 0 Å². The van der Waals surface area contributed by atoms with Gasteiger partial charge in [0.2, 0.25) is 0 Å². The molecule has 4 heteroatoms. The fraction of sp³-hybridized carbons (Fsp3) is 0. The Bertz CT molecular complexity index is 8.00. The van der Waals surface area contributed by atoms with Gasteiger partial charge in [0, 0.05) is 51.2 Å². The van der Waals surface area contributed by atoms with E-state index in [1.54, 1.807) is 0 Å². The normalized spacial score (nSPS) is 0. The zero-order valence-electron chi connectivity index (χ0n) is 1.10. The zero-order chi connectivity index (χ0) is 0. The molecule has 0 amide bonds. The summed E-state index contributed by atoms with van der Waals surface area (Å²) in [4.78, 5) is 0. The maximum absolute atomic E-state index is 0. The summed E-state index contributed by atoms with van der Waals surface area (Å²) in [6, 6.07) is 0. The first kappa shape index (κ1) is 45.6. The first-order chi connectivity index (χ1) is 0. The molecule has 0 heterocycles. The summed E-state index contributed by atoms with van der Waals surface area (Å²) in [6.07, 6.45) is 0. The summed E-state index contributed by atoms with van der Waals surface area (Å²) in [5.74, 6) is 0. The summed E-state index contributed by atoms with van der Waals surface area (Å²) < 4.78 is 0. The number of hydrogen-bond donors (Lipinski definition) is 0. The zero-order valence-corrected chi connectivity index (χ0v) is 4.52. The second-order valence-electron chi connectivity index (χ2n) is 0. The Morgan fingerprint density at radius 2 is 1.00 bits per heavy atom. The third kappa shape index (κ3) is 9.46. The molecule has 0 saturated carbocycles. The van der Waals surface area contributed by atoms with Crippen molar-refractivity contribution in [2.45, 2.75) is 0 Å². The molecular formula is H3BCoCrFe. The van der Waals surface area contributed by atoms with Crippen LogP contribution in [0.1, 0.15) is 0 Å². The largest absolute Gasteiger partial charge is 0.0814 e. The van der Waals surface area contributed by atoms with Gasteiger partial charge in [0.25, 0.3) is 0 Å². The Morgan fingerprint density at radius 3 is 1.00 bits per heavy atom. The molecule has 0 aliphatic heterocycles. The van der Waals surface area contributed by atoms with Gasteiger partial charge in [-0.15, -0.1) is 0 Å². The molecule has 0 aliphatic rings. The van der Waals surface area contributed by atoms with Crippen LogP contribution >= 0.6 is 0 Å². The Balaban J connectivity index is 0. The van der Waals surface area contributed by atoms with Gasteiger partial charge in [-0.1, -0.05) is 0 Å². The molecule has 29 valence electrons. The Hall–Kier alpha value is 1.62. The van der Waals surface area contributed by atoms with E-state index < -0.39 is 0 Å². The first-order valence-corrected chi connectivity index (χ1v) is 0. The quantitative estimate of drug-likeness (QED) is 0.412. The van der Waals surface area contributed by atoms with Gasteiger partial charge in [-0.05, 0) is 0 Å². The molecule has 0 fully saturated rings. The molecule has 0 aliphatic carbocycles. The number of hydrogen-bond acceptors (Lipinski definition) is 0. The van der Waals surface area contributed by atoms with Crippen molar-refractivity contribution in [1.82, 2.24) is 0 Å². The van der Waals surface area contributed by atoms with Crippen molar-refractivity contribution in [1.29, 1.82) is 0 Å². The van der Waals surface area contributed by atoms with Crippen molar-refractivity contribution in [2.24, 2.45) is 0 Å². The summed E-state index contributed by atoms with van der Waals surface area (Å²) >= 11 is 0. The minimum absolute atomic E-state index is 0. The van der Waals surface area contributed by atoms with E-state index >= 15 is 0 Å². The van der Waals surface area contributed by atoms with Gasteiger partial charge in [0.1, 0.15) is 0 Å². The van der Waals surface area contributed by atoms with Gasteiger partial charge >= 0.3 is 0 Å². The van der Waals surface area contributed by atoms with Crippen LogP contribution in [0.25, 0.3) is 0 Å². The van der Waals surface area contributed by atoms with Crippen molar-refractivity contribution < 1.29 is 51.2 Å².